The summed E-state index contributed by atoms with van der Waals surface area (Å²) in [4.78, 5) is 3.33. The molecular weight excluding hydrogens is 200 g/mol. The van der Waals surface area contributed by atoms with Crippen molar-refractivity contribution in [1.29, 1.82) is 5.26 Å². The normalized spacial score (nSPS) is 10.1. The number of pyridine rings is 1. The van der Waals surface area contributed by atoms with Gasteiger partial charge in [0.1, 0.15) is 23.1 Å². The maximum atomic E-state index is 12.1. The van der Waals surface area contributed by atoms with Gasteiger partial charge in [-0.3, -0.25) is 0 Å². The third kappa shape index (κ3) is 1.84. The molecule has 0 aliphatic rings. The highest BCUT2D eigenvalue weighted by molar-refractivity contribution is 6.32. The third-order valence-electron chi connectivity index (χ3n) is 1.35. The molecule has 0 aliphatic carbocycles. The number of halogens is 3. The molecule has 0 aromatic carbocycles. The van der Waals surface area contributed by atoms with Gasteiger partial charge >= 0.3 is 0 Å². The number of nitrogens with zero attached hydrogens (tertiary/aromatic N) is 2. The zero-order valence-corrected chi connectivity index (χ0v) is 7.02. The number of aromatic nitrogens is 1. The second-order valence-corrected chi connectivity index (χ2v) is 2.61. The Morgan fingerprint density at radius 3 is 2.62 bits per heavy atom. The van der Waals surface area contributed by atoms with Gasteiger partial charge in [-0.05, 0) is 6.07 Å². The fraction of sp³-hybridized carbons (Fsp3) is 0.143. The van der Waals surface area contributed by atoms with E-state index in [1.165, 1.54) is 0 Å². The van der Waals surface area contributed by atoms with E-state index in [1.807, 2.05) is 0 Å². The van der Waals surface area contributed by atoms with Crippen LogP contribution in [0.3, 0.4) is 0 Å². The number of nitrogen functional groups attached to an aromatic ring is 1. The Labute approximate surface area is 77.7 Å². The van der Waals surface area contributed by atoms with Crippen molar-refractivity contribution in [1.82, 2.24) is 4.98 Å². The van der Waals surface area contributed by atoms with E-state index in [0.717, 1.165) is 6.07 Å². The highest BCUT2D eigenvalue weighted by Crippen LogP contribution is 2.25. The van der Waals surface area contributed by atoms with Crippen LogP contribution >= 0.6 is 11.6 Å². The van der Waals surface area contributed by atoms with Gasteiger partial charge in [0.25, 0.3) is 6.43 Å². The molecule has 13 heavy (non-hydrogen) atoms. The van der Waals surface area contributed by atoms with Crippen molar-refractivity contribution < 1.29 is 8.78 Å². The van der Waals surface area contributed by atoms with E-state index in [-0.39, 0.29) is 16.4 Å². The summed E-state index contributed by atoms with van der Waals surface area (Å²) >= 11 is 5.50. The first kappa shape index (κ1) is 9.68. The number of hydrogen-bond acceptors (Lipinski definition) is 3. The number of rotatable bonds is 1. The molecule has 0 radical (unpaired) electrons. The van der Waals surface area contributed by atoms with E-state index in [4.69, 9.17) is 22.6 Å². The van der Waals surface area contributed by atoms with Gasteiger partial charge in [0.15, 0.2) is 0 Å². The van der Waals surface area contributed by atoms with Crippen molar-refractivity contribution in [3.63, 3.8) is 0 Å². The molecule has 1 aromatic heterocycles. The largest absolute Gasteiger partial charge is 0.383 e. The number of nitrogens with two attached hydrogens (primary N) is 1. The molecule has 0 atom stereocenters. The fourth-order valence-electron chi connectivity index (χ4n) is 0.774. The minimum atomic E-state index is -2.74. The minimum absolute atomic E-state index is 0.0777. The summed E-state index contributed by atoms with van der Waals surface area (Å²) in [7, 11) is 0. The summed E-state index contributed by atoms with van der Waals surface area (Å²) in [6.07, 6.45) is -2.74. The fourth-order valence-corrected chi connectivity index (χ4v) is 1.02. The number of anilines is 1. The molecule has 1 rings (SSSR count). The van der Waals surface area contributed by atoms with E-state index in [1.54, 1.807) is 6.07 Å². The highest BCUT2D eigenvalue weighted by Gasteiger charge is 2.14. The van der Waals surface area contributed by atoms with Crippen molar-refractivity contribution in [3.8, 4) is 6.07 Å². The van der Waals surface area contributed by atoms with E-state index in [0.29, 0.717) is 0 Å². The van der Waals surface area contributed by atoms with Crippen LogP contribution in [0.25, 0.3) is 0 Å². The zero-order valence-electron chi connectivity index (χ0n) is 6.26. The molecule has 0 saturated heterocycles. The molecule has 0 fully saturated rings. The van der Waals surface area contributed by atoms with Crippen LogP contribution in [-0.2, 0) is 0 Å². The van der Waals surface area contributed by atoms with Crippen LogP contribution in [0, 0.1) is 11.3 Å². The lowest BCUT2D eigenvalue weighted by molar-refractivity contribution is 0.146. The topological polar surface area (TPSA) is 62.7 Å². The van der Waals surface area contributed by atoms with E-state index >= 15 is 0 Å². The van der Waals surface area contributed by atoms with Gasteiger partial charge in [0.05, 0.1) is 5.02 Å². The van der Waals surface area contributed by atoms with Gasteiger partial charge in [-0.15, -0.1) is 0 Å². The molecule has 0 unspecified atom stereocenters. The second-order valence-electron chi connectivity index (χ2n) is 2.20. The summed E-state index contributed by atoms with van der Waals surface area (Å²) < 4.78 is 24.2. The average Bonchev–Trinajstić information content (AvgIpc) is 2.03. The van der Waals surface area contributed by atoms with Crippen molar-refractivity contribution in [3.05, 3.63) is 22.3 Å². The van der Waals surface area contributed by atoms with Gasteiger partial charge in [-0.25, -0.2) is 13.8 Å². The molecule has 0 saturated carbocycles. The first-order valence-corrected chi connectivity index (χ1v) is 3.58. The monoisotopic (exact) mass is 203 g/mol. The first-order chi connectivity index (χ1) is 6.06. The number of nitriles is 1. The molecule has 0 amide bonds. The van der Waals surface area contributed by atoms with Gasteiger partial charge in [0.2, 0.25) is 0 Å². The average molecular weight is 204 g/mol. The Balaban J connectivity index is 3.30. The molecule has 6 heteroatoms. The second kappa shape index (κ2) is 3.54. The van der Waals surface area contributed by atoms with E-state index < -0.39 is 12.1 Å². The van der Waals surface area contributed by atoms with E-state index in [9.17, 15) is 8.78 Å². The lowest BCUT2D eigenvalue weighted by Crippen LogP contribution is -2.00. The summed E-state index contributed by atoms with van der Waals surface area (Å²) in [5.74, 6) is -0.273. The Morgan fingerprint density at radius 2 is 2.23 bits per heavy atom. The lowest BCUT2D eigenvalue weighted by Gasteiger charge is -2.03. The van der Waals surface area contributed by atoms with Crippen molar-refractivity contribution >= 4 is 17.4 Å². The van der Waals surface area contributed by atoms with Crippen LogP contribution in [0.15, 0.2) is 6.07 Å². The third-order valence-corrected chi connectivity index (χ3v) is 1.65. The molecule has 0 spiro atoms. The lowest BCUT2D eigenvalue weighted by atomic mass is 10.2. The smallest absolute Gasteiger partial charge is 0.280 e. The number of alkyl halides is 2. The SMILES string of the molecule is N#Cc1c(Cl)cc(C(F)F)nc1N. The predicted molar refractivity (Wildman–Crippen MR) is 43.3 cm³/mol. The van der Waals surface area contributed by atoms with Crippen LogP contribution in [0.4, 0.5) is 14.6 Å². The van der Waals surface area contributed by atoms with Crippen LogP contribution in [0.2, 0.25) is 5.02 Å². The van der Waals surface area contributed by atoms with Gasteiger partial charge < -0.3 is 5.73 Å². The maximum Gasteiger partial charge on any atom is 0.280 e. The van der Waals surface area contributed by atoms with Crippen LogP contribution in [0.5, 0.6) is 0 Å². The molecule has 0 aliphatic heterocycles. The molecule has 1 heterocycles. The molecule has 0 bridgehead atoms. The van der Waals surface area contributed by atoms with Crippen LogP contribution in [0.1, 0.15) is 17.7 Å². The summed E-state index contributed by atoms with van der Waals surface area (Å²) in [6, 6.07) is 2.60. The Kier molecular flexibility index (Phi) is 2.63. The molecule has 68 valence electrons. The van der Waals surface area contributed by atoms with Gasteiger partial charge in [-0.1, -0.05) is 11.6 Å². The Morgan fingerprint density at radius 1 is 1.62 bits per heavy atom. The molecule has 3 nitrogen and oxygen atoms in total. The van der Waals surface area contributed by atoms with Crippen molar-refractivity contribution in [2.45, 2.75) is 6.43 Å². The number of hydrogen-bond donors (Lipinski definition) is 1. The zero-order chi connectivity index (χ0) is 10.0. The van der Waals surface area contributed by atoms with Crippen molar-refractivity contribution in [2.75, 3.05) is 5.73 Å². The minimum Gasteiger partial charge on any atom is -0.383 e. The van der Waals surface area contributed by atoms with Gasteiger partial charge in [-0.2, -0.15) is 5.26 Å². The Bertz CT molecular complexity index is 349. The van der Waals surface area contributed by atoms with Crippen molar-refractivity contribution in [2.24, 2.45) is 0 Å². The van der Waals surface area contributed by atoms with Crippen LogP contribution < -0.4 is 5.73 Å². The molecular formula is C7H4ClF2N3. The molecule has 1 aromatic rings. The summed E-state index contributed by atoms with van der Waals surface area (Å²) in [5, 5.41) is 8.38. The quantitative estimate of drug-likeness (QED) is 0.761. The standard InChI is InChI=1S/C7H4ClF2N3/c8-4-1-5(6(9)10)13-7(12)3(4)2-11/h1,6H,(H2,12,13). The Hall–Kier alpha value is -1.41. The summed E-state index contributed by atoms with van der Waals surface area (Å²) in [6.45, 7) is 0. The molecule has 2 N–H and O–H groups in total. The highest BCUT2D eigenvalue weighted by atomic mass is 35.5. The summed E-state index contributed by atoms with van der Waals surface area (Å²) in [5.41, 5.74) is 4.62. The van der Waals surface area contributed by atoms with Gasteiger partial charge in [0, 0.05) is 0 Å². The first-order valence-electron chi connectivity index (χ1n) is 3.20. The predicted octanol–water partition coefficient (Wildman–Crippen LogP) is 2.13. The maximum absolute atomic E-state index is 12.1. The van der Waals surface area contributed by atoms with Crippen LogP contribution in [-0.4, -0.2) is 4.98 Å². The van der Waals surface area contributed by atoms with E-state index in [2.05, 4.69) is 4.98 Å².